The van der Waals surface area contributed by atoms with Crippen LogP contribution in [0.15, 0.2) is 18.2 Å². The number of para-hydroxylation sites is 1. The van der Waals surface area contributed by atoms with Gasteiger partial charge >= 0.3 is 0 Å². The first kappa shape index (κ1) is 11.9. The maximum absolute atomic E-state index is 11.0. The molecule has 1 heterocycles. The molecule has 5 nitrogen and oxygen atoms in total. The van der Waals surface area contributed by atoms with Gasteiger partial charge in [-0.3, -0.25) is 10.1 Å². The highest BCUT2D eigenvalue weighted by atomic mass is 16.6. The minimum Gasteiger partial charge on any atom is -0.391 e. The Morgan fingerprint density at radius 1 is 1.53 bits per heavy atom. The van der Waals surface area contributed by atoms with Gasteiger partial charge in [-0.05, 0) is 25.3 Å². The van der Waals surface area contributed by atoms with Gasteiger partial charge in [0.05, 0.1) is 11.0 Å². The molecule has 1 aromatic rings. The molecular weight excluding hydrogens is 220 g/mol. The first-order valence-corrected chi connectivity index (χ1v) is 5.76. The third kappa shape index (κ3) is 2.39. The summed E-state index contributed by atoms with van der Waals surface area (Å²) in [4.78, 5) is 12.6. The molecule has 1 unspecified atom stereocenters. The van der Waals surface area contributed by atoms with E-state index in [1.807, 2.05) is 17.9 Å². The van der Waals surface area contributed by atoms with E-state index in [4.69, 9.17) is 0 Å². The Kier molecular flexibility index (Phi) is 3.28. The summed E-state index contributed by atoms with van der Waals surface area (Å²) in [6.07, 6.45) is 1.26. The SMILES string of the molecule is Cc1cccc([N+](=O)[O-])c1N1CCCC(O)C1. The molecular formula is C12H16N2O3. The lowest BCUT2D eigenvalue weighted by molar-refractivity contribution is -0.384. The Labute approximate surface area is 99.8 Å². The molecule has 92 valence electrons. The zero-order valence-corrected chi connectivity index (χ0v) is 9.80. The molecule has 1 aliphatic rings. The topological polar surface area (TPSA) is 66.6 Å². The van der Waals surface area contributed by atoms with Crippen LogP contribution in [0.25, 0.3) is 0 Å². The van der Waals surface area contributed by atoms with Gasteiger partial charge in [0, 0.05) is 19.2 Å². The maximum atomic E-state index is 11.0. The number of aliphatic hydroxyl groups excluding tert-OH is 1. The smallest absolute Gasteiger partial charge is 0.292 e. The van der Waals surface area contributed by atoms with E-state index in [9.17, 15) is 15.2 Å². The van der Waals surface area contributed by atoms with Gasteiger partial charge in [-0.1, -0.05) is 12.1 Å². The molecule has 0 aliphatic carbocycles. The second-order valence-corrected chi connectivity index (χ2v) is 4.44. The number of rotatable bonds is 2. The summed E-state index contributed by atoms with van der Waals surface area (Å²) in [7, 11) is 0. The quantitative estimate of drug-likeness (QED) is 0.628. The molecule has 0 spiro atoms. The predicted molar refractivity (Wildman–Crippen MR) is 65.3 cm³/mol. The van der Waals surface area contributed by atoms with E-state index >= 15 is 0 Å². The van der Waals surface area contributed by atoms with Crippen molar-refractivity contribution in [3.63, 3.8) is 0 Å². The largest absolute Gasteiger partial charge is 0.391 e. The molecule has 0 bridgehead atoms. The first-order valence-electron chi connectivity index (χ1n) is 5.76. The van der Waals surface area contributed by atoms with E-state index in [0.717, 1.165) is 24.9 Å². The average molecular weight is 236 g/mol. The molecule has 0 radical (unpaired) electrons. The first-order chi connectivity index (χ1) is 8.09. The third-order valence-corrected chi connectivity index (χ3v) is 3.13. The Balaban J connectivity index is 2.39. The van der Waals surface area contributed by atoms with Crippen molar-refractivity contribution in [2.45, 2.75) is 25.9 Å². The van der Waals surface area contributed by atoms with Crippen molar-refractivity contribution >= 4 is 11.4 Å². The van der Waals surface area contributed by atoms with Crippen LogP contribution >= 0.6 is 0 Å². The Bertz CT molecular complexity index is 434. The fraction of sp³-hybridized carbons (Fsp3) is 0.500. The number of piperidine rings is 1. The summed E-state index contributed by atoms with van der Waals surface area (Å²) in [6.45, 7) is 3.11. The van der Waals surface area contributed by atoms with E-state index in [2.05, 4.69) is 0 Å². The molecule has 2 rings (SSSR count). The molecule has 1 saturated heterocycles. The van der Waals surface area contributed by atoms with Crippen LogP contribution in [0, 0.1) is 17.0 Å². The molecule has 1 aliphatic heterocycles. The summed E-state index contributed by atoms with van der Waals surface area (Å²) >= 11 is 0. The van der Waals surface area contributed by atoms with Gasteiger partial charge in [0.1, 0.15) is 5.69 Å². The number of nitro benzene ring substituents is 1. The van der Waals surface area contributed by atoms with Crippen LogP contribution in [0.2, 0.25) is 0 Å². The predicted octanol–water partition coefficient (Wildman–Crippen LogP) is 1.86. The summed E-state index contributed by atoms with van der Waals surface area (Å²) < 4.78 is 0. The van der Waals surface area contributed by atoms with Crippen LogP contribution in [-0.2, 0) is 0 Å². The summed E-state index contributed by atoms with van der Waals surface area (Å²) in [6, 6.07) is 5.07. The second kappa shape index (κ2) is 4.71. The lowest BCUT2D eigenvalue weighted by Gasteiger charge is -2.32. The Morgan fingerprint density at radius 3 is 2.94 bits per heavy atom. The van der Waals surface area contributed by atoms with Crippen LogP contribution in [0.1, 0.15) is 18.4 Å². The van der Waals surface area contributed by atoms with Crippen molar-refractivity contribution in [3.8, 4) is 0 Å². The van der Waals surface area contributed by atoms with Gasteiger partial charge in [-0.2, -0.15) is 0 Å². The van der Waals surface area contributed by atoms with Gasteiger partial charge in [0.2, 0.25) is 0 Å². The Hall–Kier alpha value is -1.62. The lowest BCUT2D eigenvalue weighted by atomic mass is 10.0. The number of benzene rings is 1. The van der Waals surface area contributed by atoms with Crippen molar-refractivity contribution in [1.82, 2.24) is 0 Å². The minimum absolute atomic E-state index is 0.124. The number of nitro groups is 1. The lowest BCUT2D eigenvalue weighted by Crippen LogP contribution is -2.38. The van der Waals surface area contributed by atoms with Crippen molar-refractivity contribution in [2.75, 3.05) is 18.0 Å². The third-order valence-electron chi connectivity index (χ3n) is 3.13. The van der Waals surface area contributed by atoms with Crippen molar-refractivity contribution in [1.29, 1.82) is 0 Å². The van der Waals surface area contributed by atoms with E-state index in [0.29, 0.717) is 12.2 Å². The van der Waals surface area contributed by atoms with E-state index < -0.39 is 0 Å². The standard InChI is InChI=1S/C12H16N2O3/c1-9-4-2-6-11(14(16)17)12(9)13-7-3-5-10(15)8-13/h2,4,6,10,15H,3,5,7-8H2,1H3. The second-order valence-electron chi connectivity index (χ2n) is 4.44. The Morgan fingerprint density at radius 2 is 2.29 bits per heavy atom. The average Bonchev–Trinajstić information content (AvgIpc) is 2.28. The molecule has 0 aromatic heterocycles. The highest BCUT2D eigenvalue weighted by molar-refractivity contribution is 5.67. The minimum atomic E-state index is -0.386. The molecule has 1 atom stereocenters. The normalized spacial score (nSPS) is 20.4. The summed E-state index contributed by atoms with van der Waals surface area (Å²) in [5.74, 6) is 0. The van der Waals surface area contributed by atoms with Crippen molar-refractivity contribution < 1.29 is 10.0 Å². The monoisotopic (exact) mass is 236 g/mol. The van der Waals surface area contributed by atoms with E-state index in [1.54, 1.807) is 6.07 Å². The van der Waals surface area contributed by atoms with Crippen LogP contribution < -0.4 is 4.90 Å². The molecule has 0 amide bonds. The summed E-state index contributed by atoms with van der Waals surface area (Å²) in [5.41, 5.74) is 1.66. The number of anilines is 1. The van der Waals surface area contributed by atoms with Gasteiger partial charge in [-0.15, -0.1) is 0 Å². The zero-order chi connectivity index (χ0) is 12.4. The van der Waals surface area contributed by atoms with Crippen molar-refractivity contribution in [2.24, 2.45) is 0 Å². The van der Waals surface area contributed by atoms with Gasteiger partial charge in [0.15, 0.2) is 0 Å². The molecule has 17 heavy (non-hydrogen) atoms. The number of β-amino-alcohol motifs (C(OH)–C–C–N with tert-alkyl or cyclic N) is 1. The number of hydrogen-bond acceptors (Lipinski definition) is 4. The van der Waals surface area contributed by atoms with Crippen LogP contribution in [0.4, 0.5) is 11.4 Å². The number of hydrogen-bond donors (Lipinski definition) is 1. The maximum Gasteiger partial charge on any atom is 0.292 e. The van der Waals surface area contributed by atoms with E-state index in [1.165, 1.54) is 6.07 Å². The van der Waals surface area contributed by atoms with Crippen molar-refractivity contribution in [3.05, 3.63) is 33.9 Å². The fourth-order valence-corrected chi connectivity index (χ4v) is 2.36. The van der Waals surface area contributed by atoms with Crippen LogP contribution in [-0.4, -0.2) is 29.2 Å². The number of aliphatic hydroxyl groups is 1. The summed E-state index contributed by atoms with van der Waals surface area (Å²) in [5, 5.41) is 20.7. The zero-order valence-electron chi connectivity index (χ0n) is 9.80. The highest BCUT2D eigenvalue weighted by Crippen LogP contribution is 2.33. The van der Waals surface area contributed by atoms with Crippen LogP contribution in [0.3, 0.4) is 0 Å². The molecule has 0 saturated carbocycles. The fourth-order valence-electron chi connectivity index (χ4n) is 2.36. The van der Waals surface area contributed by atoms with Gasteiger partial charge in [-0.25, -0.2) is 0 Å². The molecule has 1 aromatic carbocycles. The number of aryl methyl sites for hydroxylation is 1. The molecule has 1 fully saturated rings. The van der Waals surface area contributed by atoms with Gasteiger partial charge in [0.25, 0.3) is 5.69 Å². The molecule has 1 N–H and O–H groups in total. The number of nitrogens with zero attached hydrogens (tertiary/aromatic N) is 2. The van der Waals surface area contributed by atoms with E-state index in [-0.39, 0.29) is 16.7 Å². The van der Waals surface area contributed by atoms with Gasteiger partial charge < -0.3 is 10.0 Å². The van der Waals surface area contributed by atoms with Crippen LogP contribution in [0.5, 0.6) is 0 Å². The molecule has 5 heteroatoms. The highest BCUT2D eigenvalue weighted by Gasteiger charge is 2.25.